The van der Waals surface area contributed by atoms with Crippen LogP contribution in [0.1, 0.15) is 44.9 Å². The minimum absolute atomic E-state index is 0.255. The Labute approximate surface area is 215 Å². The van der Waals surface area contributed by atoms with Gasteiger partial charge in [0.2, 0.25) is 0 Å². The first-order valence-corrected chi connectivity index (χ1v) is 12.1. The Bertz CT molecular complexity index is 1540. The zero-order valence-electron chi connectivity index (χ0n) is 20.7. The quantitative estimate of drug-likeness (QED) is 0.283. The molecule has 0 aliphatic rings. The lowest BCUT2D eigenvalue weighted by atomic mass is 10.0. The lowest BCUT2D eigenvalue weighted by molar-refractivity contribution is 0.0600. The summed E-state index contributed by atoms with van der Waals surface area (Å²) >= 11 is 0. The number of ether oxygens (including phenoxy) is 1. The van der Waals surface area contributed by atoms with Crippen molar-refractivity contribution in [3.8, 4) is 11.1 Å². The second kappa shape index (κ2) is 10.5. The van der Waals surface area contributed by atoms with Crippen LogP contribution in [0.2, 0.25) is 0 Å². The number of fused-ring (bicyclic) bond motifs is 1. The molecule has 0 saturated heterocycles. The minimum Gasteiger partial charge on any atom is -0.465 e. The molecule has 1 atom stereocenters. The monoisotopic (exact) mass is 489 g/mol. The van der Waals surface area contributed by atoms with Gasteiger partial charge in [-0.15, -0.1) is 0 Å². The molecule has 2 aromatic heterocycles. The summed E-state index contributed by atoms with van der Waals surface area (Å²) < 4.78 is 6.81. The number of pyridine rings is 1. The van der Waals surface area contributed by atoms with Crippen LogP contribution in [0.25, 0.3) is 22.0 Å². The van der Waals surface area contributed by atoms with Gasteiger partial charge in [0.15, 0.2) is 5.69 Å². The van der Waals surface area contributed by atoms with Gasteiger partial charge in [0, 0.05) is 24.3 Å². The lowest BCUT2D eigenvalue weighted by Gasteiger charge is -2.16. The molecule has 5 rings (SSSR count). The second-order valence-electron chi connectivity index (χ2n) is 8.91. The number of nitrogens with zero attached hydrogens (tertiary/aromatic N) is 2. The Hall–Kier alpha value is -4.71. The molecular formula is C31H27N3O3. The van der Waals surface area contributed by atoms with Crippen molar-refractivity contribution in [1.29, 1.82) is 0 Å². The topological polar surface area (TPSA) is 73.2 Å². The van der Waals surface area contributed by atoms with E-state index in [9.17, 15) is 9.59 Å². The van der Waals surface area contributed by atoms with Crippen molar-refractivity contribution in [2.24, 2.45) is 0 Å². The van der Waals surface area contributed by atoms with E-state index in [4.69, 9.17) is 4.74 Å². The van der Waals surface area contributed by atoms with Gasteiger partial charge in [-0.3, -0.25) is 4.79 Å². The average molecular weight is 490 g/mol. The molecule has 0 fully saturated rings. The number of nitrogens with one attached hydrogen (secondary N) is 1. The number of hydrogen-bond acceptors (Lipinski definition) is 4. The number of carbonyl (C=O) groups is 2. The Morgan fingerprint density at radius 1 is 0.892 bits per heavy atom. The molecule has 6 heteroatoms. The zero-order chi connectivity index (χ0) is 25.8. The van der Waals surface area contributed by atoms with E-state index in [-0.39, 0.29) is 11.9 Å². The van der Waals surface area contributed by atoms with Gasteiger partial charge in [-0.25, -0.2) is 9.78 Å². The first kappa shape index (κ1) is 24.0. The maximum absolute atomic E-state index is 13.3. The molecule has 3 aromatic carbocycles. The number of rotatable bonds is 7. The van der Waals surface area contributed by atoms with Gasteiger partial charge in [0.05, 0.1) is 24.2 Å². The van der Waals surface area contributed by atoms with E-state index in [2.05, 4.69) is 51.3 Å². The summed E-state index contributed by atoms with van der Waals surface area (Å²) in [6.45, 7) is 2.52. The normalized spacial score (nSPS) is 11.7. The Morgan fingerprint density at radius 3 is 2.30 bits per heavy atom. The molecule has 5 aromatic rings. The van der Waals surface area contributed by atoms with E-state index in [1.54, 1.807) is 18.3 Å². The van der Waals surface area contributed by atoms with Crippen molar-refractivity contribution in [1.82, 2.24) is 14.9 Å². The molecule has 0 aliphatic heterocycles. The first-order chi connectivity index (χ1) is 18.0. The van der Waals surface area contributed by atoms with Crippen molar-refractivity contribution in [3.05, 3.63) is 126 Å². The molecule has 184 valence electrons. The summed E-state index contributed by atoms with van der Waals surface area (Å²) in [5.41, 5.74) is 5.98. The number of carbonyl (C=O) groups excluding carboxylic acids is 2. The Morgan fingerprint density at radius 2 is 1.59 bits per heavy atom. The van der Waals surface area contributed by atoms with Gasteiger partial charge in [0.25, 0.3) is 5.91 Å². The molecule has 0 saturated carbocycles. The number of methoxy groups -OCH3 is 1. The highest BCUT2D eigenvalue weighted by Crippen LogP contribution is 2.23. The van der Waals surface area contributed by atoms with E-state index < -0.39 is 5.97 Å². The molecule has 1 amide bonds. The van der Waals surface area contributed by atoms with Crippen molar-refractivity contribution in [2.45, 2.75) is 19.5 Å². The van der Waals surface area contributed by atoms with Crippen molar-refractivity contribution in [2.75, 3.05) is 7.11 Å². The fraction of sp³-hybridized carbons (Fsp3) is 0.129. The molecule has 37 heavy (non-hydrogen) atoms. The molecule has 1 N–H and O–H groups in total. The third-order valence-corrected chi connectivity index (χ3v) is 6.49. The van der Waals surface area contributed by atoms with Crippen LogP contribution >= 0.6 is 0 Å². The van der Waals surface area contributed by atoms with Gasteiger partial charge in [0.1, 0.15) is 0 Å². The standard InChI is InChI=1S/C31H27N3O3/c1-21(23-12-14-27(15-13-23)31(36)37-2)33-30(35)28-29-26(16-18-32-28)17-19-34(29)20-22-8-10-25(11-9-22)24-6-4-3-5-7-24/h3-19,21H,20H2,1-2H3,(H,33,35)/t21-/m0/s1. The van der Waals surface area contributed by atoms with E-state index in [1.165, 1.54) is 12.7 Å². The van der Waals surface area contributed by atoms with Gasteiger partial charge in [-0.1, -0.05) is 66.7 Å². The molecule has 2 heterocycles. The highest BCUT2D eigenvalue weighted by molar-refractivity contribution is 6.04. The largest absolute Gasteiger partial charge is 0.465 e. The summed E-state index contributed by atoms with van der Waals surface area (Å²) in [4.78, 5) is 29.4. The number of amides is 1. The average Bonchev–Trinajstić information content (AvgIpc) is 3.36. The number of esters is 1. The molecule has 0 bridgehead atoms. The summed E-state index contributed by atoms with van der Waals surface area (Å²) in [6, 6.07) is 29.4. The summed E-state index contributed by atoms with van der Waals surface area (Å²) in [6.07, 6.45) is 3.65. The van der Waals surface area contributed by atoms with Gasteiger partial charge in [-0.2, -0.15) is 0 Å². The van der Waals surface area contributed by atoms with Crippen LogP contribution in [-0.2, 0) is 11.3 Å². The van der Waals surface area contributed by atoms with Crippen LogP contribution in [0, 0.1) is 0 Å². The van der Waals surface area contributed by atoms with Crippen molar-refractivity contribution < 1.29 is 14.3 Å². The third-order valence-electron chi connectivity index (χ3n) is 6.49. The molecule has 0 spiro atoms. The third kappa shape index (κ3) is 5.14. The summed E-state index contributed by atoms with van der Waals surface area (Å²) in [7, 11) is 1.35. The smallest absolute Gasteiger partial charge is 0.337 e. The zero-order valence-corrected chi connectivity index (χ0v) is 20.7. The van der Waals surface area contributed by atoms with Crippen LogP contribution < -0.4 is 5.32 Å². The van der Waals surface area contributed by atoms with Crippen LogP contribution in [-0.4, -0.2) is 28.5 Å². The Balaban J connectivity index is 1.36. The highest BCUT2D eigenvalue weighted by atomic mass is 16.5. The molecular weight excluding hydrogens is 462 g/mol. The van der Waals surface area contributed by atoms with Crippen LogP contribution in [0.4, 0.5) is 0 Å². The van der Waals surface area contributed by atoms with Crippen LogP contribution in [0.15, 0.2) is 103 Å². The van der Waals surface area contributed by atoms with Gasteiger partial charge >= 0.3 is 5.97 Å². The molecule has 0 aliphatic carbocycles. The number of aromatic nitrogens is 2. The van der Waals surface area contributed by atoms with E-state index in [0.29, 0.717) is 17.8 Å². The molecule has 0 unspecified atom stereocenters. The predicted octanol–water partition coefficient (Wildman–Crippen LogP) is 6.03. The van der Waals surface area contributed by atoms with Gasteiger partial charge in [-0.05, 0) is 53.4 Å². The fourth-order valence-electron chi connectivity index (χ4n) is 4.45. The van der Waals surface area contributed by atoms with Crippen molar-refractivity contribution in [3.63, 3.8) is 0 Å². The number of hydrogen-bond donors (Lipinski definition) is 1. The lowest BCUT2D eigenvalue weighted by Crippen LogP contribution is -2.28. The maximum Gasteiger partial charge on any atom is 0.337 e. The van der Waals surface area contributed by atoms with Gasteiger partial charge < -0.3 is 14.6 Å². The van der Waals surface area contributed by atoms with Crippen LogP contribution in [0.3, 0.4) is 0 Å². The predicted molar refractivity (Wildman–Crippen MR) is 144 cm³/mol. The van der Waals surface area contributed by atoms with E-state index in [1.807, 2.05) is 55.6 Å². The Kier molecular flexibility index (Phi) is 6.81. The van der Waals surface area contributed by atoms with E-state index >= 15 is 0 Å². The summed E-state index contributed by atoms with van der Waals surface area (Å²) in [5.74, 6) is -0.649. The second-order valence-corrected chi connectivity index (χ2v) is 8.91. The minimum atomic E-state index is -0.394. The maximum atomic E-state index is 13.3. The molecule has 0 radical (unpaired) electrons. The van der Waals surface area contributed by atoms with Crippen molar-refractivity contribution >= 4 is 22.8 Å². The number of benzene rings is 3. The first-order valence-electron chi connectivity index (χ1n) is 12.1. The highest BCUT2D eigenvalue weighted by Gasteiger charge is 2.18. The van der Waals surface area contributed by atoms with Crippen LogP contribution in [0.5, 0.6) is 0 Å². The molecule has 6 nitrogen and oxygen atoms in total. The van der Waals surface area contributed by atoms with E-state index in [0.717, 1.165) is 27.6 Å². The summed E-state index contributed by atoms with van der Waals surface area (Å²) in [5, 5.41) is 4.00. The SMILES string of the molecule is COC(=O)c1ccc([C@H](C)NC(=O)c2nccc3ccn(Cc4ccc(-c5ccccc5)cc4)c23)cc1. The fourth-order valence-corrected chi connectivity index (χ4v) is 4.45.